The lowest BCUT2D eigenvalue weighted by Gasteiger charge is -2.23. The quantitative estimate of drug-likeness (QED) is 0.327. The van der Waals surface area contributed by atoms with Crippen LogP contribution in [0.2, 0.25) is 0 Å². The summed E-state index contributed by atoms with van der Waals surface area (Å²) in [6.45, 7) is 4.28. The van der Waals surface area contributed by atoms with Crippen molar-refractivity contribution < 1.29 is 9.47 Å². The van der Waals surface area contributed by atoms with Gasteiger partial charge in [0.25, 0.3) is 0 Å². The zero-order valence-electron chi connectivity index (χ0n) is 14.7. The van der Waals surface area contributed by atoms with Gasteiger partial charge >= 0.3 is 0 Å². The van der Waals surface area contributed by atoms with Crippen LogP contribution in [0, 0.1) is 13.8 Å². The van der Waals surface area contributed by atoms with Gasteiger partial charge in [0.05, 0.1) is 0 Å². The van der Waals surface area contributed by atoms with E-state index in [1.54, 1.807) is 0 Å². The average Bonchev–Trinajstić information content (AvgIpc) is 2.68. The van der Waals surface area contributed by atoms with Crippen molar-refractivity contribution in [3.63, 3.8) is 0 Å². The number of benzene rings is 4. The van der Waals surface area contributed by atoms with Crippen LogP contribution in [0.25, 0.3) is 21.9 Å². The average molecular weight is 338 g/mol. The molecule has 1 aliphatic heterocycles. The van der Waals surface area contributed by atoms with Gasteiger partial charge in [0.1, 0.15) is 0 Å². The first-order valence-electron chi connectivity index (χ1n) is 8.79. The van der Waals surface area contributed by atoms with Crippen LogP contribution in [0.3, 0.4) is 0 Å². The smallest absolute Gasteiger partial charge is 0.173 e. The maximum atomic E-state index is 6.17. The molecule has 0 amide bonds. The normalized spacial score (nSPS) is 12.1. The maximum Gasteiger partial charge on any atom is 0.173 e. The van der Waals surface area contributed by atoms with Crippen LogP contribution in [0.4, 0.5) is 0 Å². The first kappa shape index (κ1) is 15.0. The van der Waals surface area contributed by atoms with Crippen molar-refractivity contribution in [1.29, 1.82) is 0 Å². The Balaban J connectivity index is 1.68. The van der Waals surface area contributed by atoms with E-state index < -0.39 is 0 Å². The molecule has 2 nitrogen and oxygen atoms in total. The van der Waals surface area contributed by atoms with E-state index in [4.69, 9.17) is 9.47 Å². The number of ether oxygens (including phenoxy) is 2. The van der Waals surface area contributed by atoms with Crippen LogP contribution in [0.1, 0.15) is 11.1 Å². The summed E-state index contributed by atoms with van der Waals surface area (Å²) in [5.74, 6) is 3.08. The maximum absolute atomic E-state index is 6.17. The van der Waals surface area contributed by atoms with E-state index in [1.165, 1.54) is 27.5 Å². The summed E-state index contributed by atoms with van der Waals surface area (Å²) in [5, 5.41) is 2.54. The van der Waals surface area contributed by atoms with Gasteiger partial charge in [-0.3, -0.25) is 0 Å². The first-order valence-corrected chi connectivity index (χ1v) is 8.79. The van der Waals surface area contributed by atoms with E-state index in [2.05, 4.69) is 56.3 Å². The second-order valence-corrected chi connectivity index (χ2v) is 6.68. The lowest BCUT2D eigenvalue weighted by molar-refractivity contribution is 0.358. The largest absolute Gasteiger partial charge is 0.450 e. The monoisotopic (exact) mass is 338 g/mol. The molecule has 0 fully saturated rings. The standard InChI is InChI=1S/C24H18O2/c1-15-18-8-4-3-7-17(18)11-12-19(15)20-13-14-23-24(16(20)2)26-22-10-6-5-9-21(22)25-23/h3-14H,1-2H3. The second kappa shape index (κ2) is 5.63. The number of para-hydroxylation sites is 2. The lowest BCUT2D eigenvalue weighted by Crippen LogP contribution is -2.01. The summed E-state index contributed by atoms with van der Waals surface area (Å²) in [4.78, 5) is 0. The van der Waals surface area contributed by atoms with Gasteiger partial charge in [0, 0.05) is 5.56 Å². The number of hydrogen-bond acceptors (Lipinski definition) is 2. The van der Waals surface area contributed by atoms with Crippen molar-refractivity contribution in [3.8, 4) is 34.1 Å². The molecule has 1 aliphatic rings. The highest BCUT2D eigenvalue weighted by Crippen LogP contribution is 2.49. The topological polar surface area (TPSA) is 18.5 Å². The van der Waals surface area contributed by atoms with E-state index in [0.717, 1.165) is 28.6 Å². The molecular weight excluding hydrogens is 320 g/mol. The molecule has 0 unspecified atom stereocenters. The zero-order valence-corrected chi connectivity index (χ0v) is 14.7. The van der Waals surface area contributed by atoms with Crippen LogP contribution in [-0.4, -0.2) is 0 Å². The fourth-order valence-electron chi connectivity index (χ4n) is 3.73. The molecule has 0 aliphatic carbocycles. The number of aryl methyl sites for hydroxylation is 1. The molecule has 0 saturated carbocycles. The third kappa shape index (κ3) is 2.19. The van der Waals surface area contributed by atoms with Crippen molar-refractivity contribution in [1.82, 2.24) is 0 Å². The summed E-state index contributed by atoms with van der Waals surface area (Å²) >= 11 is 0. The van der Waals surface area contributed by atoms with Gasteiger partial charge < -0.3 is 9.47 Å². The molecule has 126 valence electrons. The van der Waals surface area contributed by atoms with Crippen molar-refractivity contribution >= 4 is 10.8 Å². The minimum atomic E-state index is 0.758. The SMILES string of the molecule is Cc1c(-c2ccc3ccccc3c2C)ccc2c1Oc1ccccc1O2. The van der Waals surface area contributed by atoms with Crippen LogP contribution in [0.15, 0.2) is 72.8 Å². The van der Waals surface area contributed by atoms with Gasteiger partial charge in [-0.1, -0.05) is 54.6 Å². The molecule has 0 radical (unpaired) electrons. The molecule has 5 rings (SSSR count). The molecular formula is C24H18O2. The molecule has 0 atom stereocenters. The number of rotatable bonds is 1. The summed E-state index contributed by atoms with van der Waals surface area (Å²) < 4.78 is 12.2. The third-order valence-electron chi connectivity index (χ3n) is 5.14. The Hall–Kier alpha value is -3.26. The molecule has 0 aromatic heterocycles. The molecule has 1 heterocycles. The van der Waals surface area contributed by atoms with Crippen molar-refractivity contribution in [2.45, 2.75) is 13.8 Å². The van der Waals surface area contributed by atoms with Gasteiger partial charge in [0.2, 0.25) is 0 Å². The Labute approximate surface area is 152 Å². The predicted octanol–water partition coefficient (Wildman–Crippen LogP) is 7.02. The Kier molecular flexibility index (Phi) is 3.26. The van der Waals surface area contributed by atoms with Crippen LogP contribution in [0.5, 0.6) is 23.0 Å². The number of hydrogen-bond donors (Lipinski definition) is 0. The van der Waals surface area contributed by atoms with Crippen molar-refractivity contribution in [2.75, 3.05) is 0 Å². The first-order chi connectivity index (χ1) is 12.7. The molecule has 4 aromatic rings. The molecule has 2 heteroatoms. The number of fused-ring (bicyclic) bond motifs is 3. The van der Waals surface area contributed by atoms with E-state index in [9.17, 15) is 0 Å². The molecule has 0 spiro atoms. The fourth-order valence-corrected chi connectivity index (χ4v) is 3.73. The van der Waals surface area contributed by atoms with E-state index in [-0.39, 0.29) is 0 Å². The highest BCUT2D eigenvalue weighted by atomic mass is 16.6. The minimum Gasteiger partial charge on any atom is -0.450 e. The third-order valence-corrected chi connectivity index (χ3v) is 5.14. The van der Waals surface area contributed by atoms with Gasteiger partial charge in [-0.05, 0) is 59.5 Å². The Morgan fingerprint density at radius 2 is 1.19 bits per heavy atom. The zero-order chi connectivity index (χ0) is 17.7. The van der Waals surface area contributed by atoms with Crippen LogP contribution < -0.4 is 9.47 Å². The summed E-state index contributed by atoms with van der Waals surface area (Å²) in [6, 6.07) is 24.8. The molecule has 26 heavy (non-hydrogen) atoms. The second-order valence-electron chi connectivity index (χ2n) is 6.68. The summed E-state index contributed by atoms with van der Waals surface area (Å²) in [6.07, 6.45) is 0. The Morgan fingerprint density at radius 3 is 2.04 bits per heavy atom. The van der Waals surface area contributed by atoms with Crippen LogP contribution in [-0.2, 0) is 0 Å². The van der Waals surface area contributed by atoms with E-state index in [0.29, 0.717) is 0 Å². The van der Waals surface area contributed by atoms with Gasteiger partial charge in [-0.25, -0.2) is 0 Å². The van der Waals surface area contributed by atoms with Gasteiger partial charge in [-0.2, -0.15) is 0 Å². The van der Waals surface area contributed by atoms with Gasteiger partial charge in [0.15, 0.2) is 23.0 Å². The summed E-state index contributed by atoms with van der Waals surface area (Å²) in [7, 11) is 0. The molecule has 4 aromatic carbocycles. The Bertz CT molecular complexity index is 1160. The van der Waals surface area contributed by atoms with Crippen molar-refractivity contribution in [2.24, 2.45) is 0 Å². The Morgan fingerprint density at radius 1 is 0.538 bits per heavy atom. The molecule has 0 bridgehead atoms. The van der Waals surface area contributed by atoms with E-state index >= 15 is 0 Å². The molecule has 0 N–H and O–H groups in total. The molecule has 0 saturated heterocycles. The predicted molar refractivity (Wildman–Crippen MR) is 105 cm³/mol. The van der Waals surface area contributed by atoms with E-state index in [1.807, 2.05) is 30.3 Å². The van der Waals surface area contributed by atoms with Crippen LogP contribution >= 0.6 is 0 Å². The lowest BCUT2D eigenvalue weighted by atomic mass is 9.92. The van der Waals surface area contributed by atoms with Gasteiger partial charge in [-0.15, -0.1) is 0 Å². The highest BCUT2D eigenvalue weighted by molar-refractivity contribution is 5.92. The summed E-state index contributed by atoms with van der Waals surface area (Å²) in [5.41, 5.74) is 4.78. The van der Waals surface area contributed by atoms with Crippen molar-refractivity contribution in [3.05, 3.63) is 83.9 Å². The minimum absolute atomic E-state index is 0.758. The fraction of sp³-hybridized carbons (Fsp3) is 0.0833. The highest BCUT2D eigenvalue weighted by Gasteiger charge is 2.22.